The molecule has 1 amide bonds. The maximum atomic E-state index is 12.4. The van der Waals surface area contributed by atoms with Crippen LogP contribution in [0.5, 0.6) is 5.75 Å². The lowest BCUT2D eigenvalue weighted by atomic mass is 9.97. The lowest BCUT2D eigenvalue weighted by Crippen LogP contribution is -2.23. The number of aromatic amines is 1. The first-order chi connectivity index (χ1) is 13.7. The van der Waals surface area contributed by atoms with Crippen molar-refractivity contribution >= 4 is 29.1 Å². The normalized spacial score (nSPS) is 13.3. The van der Waals surface area contributed by atoms with Crippen molar-refractivity contribution < 1.29 is 9.53 Å². The predicted octanol–water partition coefficient (Wildman–Crippen LogP) is 2.43. The Morgan fingerprint density at radius 1 is 1.29 bits per heavy atom. The molecule has 2 aromatic heterocycles. The van der Waals surface area contributed by atoms with Gasteiger partial charge in [-0.3, -0.25) is 19.0 Å². The largest absolute Gasteiger partial charge is 0.492 e. The average Bonchev–Trinajstić information content (AvgIpc) is 3.11. The van der Waals surface area contributed by atoms with Crippen LogP contribution in [0.4, 0.5) is 5.69 Å². The number of amides is 1. The summed E-state index contributed by atoms with van der Waals surface area (Å²) < 4.78 is 7.41. The first-order valence-electron chi connectivity index (χ1n) is 9.31. The van der Waals surface area contributed by atoms with Crippen LogP contribution in [0.15, 0.2) is 34.2 Å². The molecule has 2 N–H and O–H groups in total. The smallest absolute Gasteiger partial charge is 0.255 e. The van der Waals surface area contributed by atoms with E-state index in [4.69, 9.17) is 4.74 Å². The van der Waals surface area contributed by atoms with E-state index in [0.717, 1.165) is 36.9 Å². The van der Waals surface area contributed by atoms with E-state index in [0.29, 0.717) is 29.0 Å². The van der Waals surface area contributed by atoms with Gasteiger partial charge in [0.25, 0.3) is 5.56 Å². The van der Waals surface area contributed by atoms with Crippen LogP contribution in [0, 0.1) is 0 Å². The van der Waals surface area contributed by atoms with Crippen molar-refractivity contribution in [3.8, 4) is 5.75 Å². The van der Waals surface area contributed by atoms with E-state index in [9.17, 15) is 9.59 Å². The summed E-state index contributed by atoms with van der Waals surface area (Å²) in [6, 6.07) is 7.34. The van der Waals surface area contributed by atoms with Crippen molar-refractivity contribution in [2.24, 2.45) is 0 Å². The van der Waals surface area contributed by atoms with E-state index in [1.54, 1.807) is 6.07 Å². The number of carbonyl (C=O) groups is 1. The molecule has 1 aromatic carbocycles. The summed E-state index contributed by atoms with van der Waals surface area (Å²) in [5, 5.41) is 11.7. The average molecular weight is 399 g/mol. The summed E-state index contributed by atoms with van der Waals surface area (Å²) in [5.74, 6) is 1.08. The Kier molecular flexibility index (Phi) is 5.34. The number of nitrogens with one attached hydrogen (secondary N) is 2. The minimum Gasteiger partial charge on any atom is -0.492 e. The molecule has 3 aromatic rings. The number of H-pyrrole nitrogens is 1. The van der Waals surface area contributed by atoms with E-state index in [-0.39, 0.29) is 17.2 Å². The Morgan fingerprint density at radius 3 is 2.96 bits per heavy atom. The van der Waals surface area contributed by atoms with E-state index in [2.05, 4.69) is 20.5 Å². The van der Waals surface area contributed by atoms with Gasteiger partial charge in [-0.1, -0.05) is 23.9 Å². The number of anilines is 1. The number of hydrogen-bond acceptors (Lipinski definition) is 6. The zero-order valence-corrected chi connectivity index (χ0v) is 16.3. The Bertz CT molecular complexity index is 1080. The summed E-state index contributed by atoms with van der Waals surface area (Å²) in [6.45, 7) is 2.42. The summed E-state index contributed by atoms with van der Waals surface area (Å²) in [4.78, 5) is 27.5. The van der Waals surface area contributed by atoms with Crippen molar-refractivity contribution in [2.45, 2.75) is 37.8 Å². The topological polar surface area (TPSA) is 101 Å². The SMILES string of the molecule is CCOc1ccccc1NC(=O)CSc1nnc2[nH]c(=O)c3c(n12)CCCC3. The molecule has 0 bridgehead atoms. The van der Waals surface area contributed by atoms with Gasteiger partial charge in [0, 0.05) is 11.3 Å². The highest BCUT2D eigenvalue weighted by atomic mass is 32.2. The lowest BCUT2D eigenvalue weighted by molar-refractivity contribution is -0.113. The molecule has 0 saturated heterocycles. The van der Waals surface area contributed by atoms with E-state index < -0.39 is 0 Å². The lowest BCUT2D eigenvalue weighted by Gasteiger charge is -2.16. The monoisotopic (exact) mass is 399 g/mol. The van der Waals surface area contributed by atoms with Gasteiger partial charge >= 0.3 is 0 Å². The third-order valence-electron chi connectivity index (χ3n) is 4.63. The van der Waals surface area contributed by atoms with Gasteiger partial charge in [-0.25, -0.2) is 0 Å². The van der Waals surface area contributed by atoms with Crippen LogP contribution in [0.1, 0.15) is 31.0 Å². The quantitative estimate of drug-likeness (QED) is 0.618. The van der Waals surface area contributed by atoms with Gasteiger partial charge in [0.2, 0.25) is 11.7 Å². The van der Waals surface area contributed by atoms with Gasteiger partial charge in [0.05, 0.1) is 18.0 Å². The molecule has 1 aliphatic carbocycles. The standard InChI is InChI=1S/C19H21N5O3S/c1-2-27-15-10-6-4-8-13(15)20-16(25)11-28-19-23-22-18-21-17(26)12-7-3-5-9-14(12)24(18)19/h4,6,8,10H,2-3,5,7,9,11H2,1H3,(H,20,25)(H,21,22,26). The second-order valence-corrected chi connectivity index (χ2v) is 7.44. The fourth-order valence-electron chi connectivity index (χ4n) is 3.41. The molecule has 0 saturated carbocycles. The number of benzene rings is 1. The molecule has 28 heavy (non-hydrogen) atoms. The summed E-state index contributed by atoms with van der Waals surface area (Å²) in [7, 11) is 0. The molecule has 0 unspecified atom stereocenters. The summed E-state index contributed by atoms with van der Waals surface area (Å²) in [5.41, 5.74) is 2.31. The van der Waals surface area contributed by atoms with Crippen LogP contribution in [-0.2, 0) is 17.6 Å². The number of aromatic nitrogens is 4. The molecule has 0 fully saturated rings. The van der Waals surface area contributed by atoms with Crippen LogP contribution in [0.25, 0.3) is 5.78 Å². The molecule has 0 radical (unpaired) electrons. The Hall–Kier alpha value is -2.81. The van der Waals surface area contributed by atoms with Crippen LogP contribution < -0.4 is 15.6 Å². The van der Waals surface area contributed by atoms with Crippen molar-refractivity contribution in [3.05, 3.63) is 45.9 Å². The Labute approximate surface area is 165 Å². The summed E-state index contributed by atoms with van der Waals surface area (Å²) >= 11 is 1.30. The first-order valence-corrected chi connectivity index (χ1v) is 10.3. The van der Waals surface area contributed by atoms with Gasteiger partial charge in [-0.2, -0.15) is 0 Å². The second kappa shape index (κ2) is 8.05. The number of thioether (sulfide) groups is 1. The second-order valence-electron chi connectivity index (χ2n) is 6.49. The number of fused-ring (bicyclic) bond motifs is 3. The minimum atomic E-state index is -0.160. The first kappa shape index (κ1) is 18.5. The number of rotatable bonds is 6. The van der Waals surface area contributed by atoms with Gasteiger partial charge in [-0.05, 0) is 44.7 Å². The zero-order valence-electron chi connectivity index (χ0n) is 15.5. The van der Waals surface area contributed by atoms with Crippen LogP contribution in [0.2, 0.25) is 0 Å². The molecule has 2 heterocycles. The van der Waals surface area contributed by atoms with Crippen molar-refractivity contribution in [3.63, 3.8) is 0 Å². The van der Waals surface area contributed by atoms with Crippen LogP contribution in [-0.4, -0.2) is 37.8 Å². The number of hydrogen-bond donors (Lipinski definition) is 2. The summed E-state index contributed by atoms with van der Waals surface area (Å²) in [6.07, 6.45) is 3.61. The molecule has 146 valence electrons. The molecule has 0 aliphatic heterocycles. The highest BCUT2D eigenvalue weighted by Crippen LogP contribution is 2.26. The van der Waals surface area contributed by atoms with Gasteiger partial charge < -0.3 is 10.1 Å². The molecular weight excluding hydrogens is 378 g/mol. The third kappa shape index (κ3) is 3.62. The highest BCUT2D eigenvalue weighted by molar-refractivity contribution is 7.99. The predicted molar refractivity (Wildman–Crippen MR) is 107 cm³/mol. The van der Waals surface area contributed by atoms with Crippen LogP contribution in [0.3, 0.4) is 0 Å². The van der Waals surface area contributed by atoms with Gasteiger partial charge in [-0.15, -0.1) is 10.2 Å². The van der Waals surface area contributed by atoms with Gasteiger partial charge in [0.1, 0.15) is 5.75 Å². The van der Waals surface area contributed by atoms with E-state index in [1.807, 2.05) is 29.5 Å². The fourth-order valence-corrected chi connectivity index (χ4v) is 4.17. The molecule has 0 spiro atoms. The van der Waals surface area contributed by atoms with Crippen LogP contribution >= 0.6 is 11.8 Å². The zero-order chi connectivity index (χ0) is 19.5. The minimum absolute atomic E-state index is 0.0866. The number of carbonyl (C=O) groups excluding carboxylic acids is 1. The number of para-hydroxylation sites is 2. The molecule has 0 atom stereocenters. The van der Waals surface area contributed by atoms with Crippen molar-refractivity contribution in [1.29, 1.82) is 0 Å². The molecule has 8 nitrogen and oxygen atoms in total. The number of nitrogens with zero attached hydrogens (tertiary/aromatic N) is 3. The number of aryl methyl sites for hydroxylation is 1. The maximum Gasteiger partial charge on any atom is 0.255 e. The molecule has 1 aliphatic rings. The van der Waals surface area contributed by atoms with E-state index >= 15 is 0 Å². The molecular formula is C19H21N5O3S. The van der Waals surface area contributed by atoms with Crippen molar-refractivity contribution in [1.82, 2.24) is 19.6 Å². The van der Waals surface area contributed by atoms with Gasteiger partial charge in [0.15, 0.2) is 5.16 Å². The van der Waals surface area contributed by atoms with Crippen molar-refractivity contribution in [2.75, 3.05) is 17.7 Å². The van der Waals surface area contributed by atoms with E-state index in [1.165, 1.54) is 11.8 Å². The number of ether oxygens (including phenoxy) is 1. The third-order valence-corrected chi connectivity index (χ3v) is 5.56. The fraction of sp³-hybridized carbons (Fsp3) is 0.368. The Balaban J connectivity index is 1.52. The molecule has 4 rings (SSSR count). The maximum absolute atomic E-state index is 12.4. The molecule has 9 heteroatoms. The Morgan fingerprint density at radius 2 is 2.11 bits per heavy atom. The highest BCUT2D eigenvalue weighted by Gasteiger charge is 2.20.